The summed E-state index contributed by atoms with van der Waals surface area (Å²) < 4.78 is 0. The number of hydrogen-bond acceptors (Lipinski definition) is 2. The van der Waals surface area contributed by atoms with Crippen LogP contribution in [0.4, 0.5) is 0 Å². The number of nitrogens with zero attached hydrogens (tertiary/aromatic N) is 1. The maximum Gasteiger partial charge on any atom is 0.254 e. The second-order valence-electron chi connectivity index (χ2n) is 5.09. The molecule has 88 valence electrons. The molecule has 1 aliphatic carbocycles. The van der Waals surface area contributed by atoms with Gasteiger partial charge in [-0.15, -0.1) is 0 Å². The van der Waals surface area contributed by atoms with Crippen LogP contribution in [0.1, 0.15) is 68.4 Å². The van der Waals surface area contributed by atoms with E-state index in [1.54, 1.807) is 0 Å². The highest BCUT2D eigenvalue weighted by Crippen LogP contribution is 2.31. The van der Waals surface area contributed by atoms with Crippen molar-refractivity contribution in [3.63, 3.8) is 0 Å². The van der Waals surface area contributed by atoms with Gasteiger partial charge in [-0.2, -0.15) is 0 Å². The molecule has 0 bridgehead atoms. The van der Waals surface area contributed by atoms with Crippen molar-refractivity contribution in [3.05, 3.63) is 27.4 Å². The van der Waals surface area contributed by atoms with E-state index in [2.05, 4.69) is 9.97 Å². The third kappa shape index (κ3) is 2.04. The molecule has 1 aliphatic rings. The van der Waals surface area contributed by atoms with Crippen LogP contribution in [0.5, 0.6) is 0 Å². The Kier molecular flexibility index (Phi) is 3.13. The first-order valence-electron chi connectivity index (χ1n) is 6.20. The van der Waals surface area contributed by atoms with Gasteiger partial charge in [-0.05, 0) is 25.7 Å². The summed E-state index contributed by atoms with van der Waals surface area (Å²) in [6.45, 7) is 6.02. The van der Waals surface area contributed by atoms with E-state index in [1.165, 1.54) is 25.7 Å². The molecule has 2 rings (SSSR count). The number of aromatic amines is 1. The van der Waals surface area contributed by atoms with Crippen molar-refractivity contribution in [2.24, 2.45) is 0 Å². The lowest BCUT2D eigenvalue weighted by Crippen LogP contribution is -2.21. The molecule has 1 aromatic heterocycles. The van der Waals surface area contributed by atoms with Crippen LogP contribution in [-0.4, -0.2) is 9.97 Å². The Labute approximate surface area is 96.3 Å². The summed E-state index contributed by atoms with van der Waals surface area (Å²) in [6.07, 6.45) is 4.87. The summed E-state index contributed by atoms with van der Waals surface area (Å²) in [6, 6.07) is 0. The van der Waals surface area contributed by atoms with Crippen LogP contribution in [0.15, 0.2) is 4.79 Å². The van der Waals surface area contributed by atoms with Gasteiger partial charge in [0.25, 0.3) is 5.56 Å². The molecule has 1 fully saturated rings. The Morgan fingerprint density at radius 1 is 1.31 bits per heavy atom. The fourth-order valence-corrected chi connectivity index (χ4v) is 2.69. The zero-order valence-electron chi connectivity index (χ0n) is 10.3. The standard InChI is InChI=1S/C13H20N2O/c1-8(2)11-9(3)14-12(15-13(11)16)10-6-4-5-7-10/h8,10H,4-7H2,1-3H3,(H,14,15,16). The van der Waals surface area contributed by atoms with Crippen molar-refractivity contribution in [1.82, 2.24) is 9.97 Å². The van der Waals surface area contributed by atoms with Crippen LogP contribution in [0, 0.1) is 6.92 Å². The summed E-state index contributed by atoms with van der Waals surface area (Å²) in [7, 11) is 0. The van der Waals surface area contributed by atoms with Crippen LogP contribution >= 0.6 is 0 Å². The minimum atomic E-state index is 0.0596. The predicted molar refractivity (Wildman–Crippen MR) is 64.9 cm³/mol. The number of rotatable bonds is 2. The van der Waals surface area contributed by atoms with E-state index in [1.807, 2.05) is 20.8 Å². The fourth-order valence-electron chi connectivity index (χ4n) is 2.69. The average Bonchev–Trinajstić information content (AvgIpc) is 2.67. The highest BCUT2D eigenvalue weighted by atomic mass is 16.1. The van der Waals surface area contributed by atoms with Gasteiger partial charge in [0.15, 0.2) is 0 Å². The van der Waals surface area contributed by atoms with E-state index in [-0.39, 0.29) is 11.5 Å². The van der Waals surface area contributed by atoms with E-state index < -0.39 is 0 Å². The Hall–Kier alpha value is -1.12. The quantitative estimate of drug-likeness (QED) is 0.833. The van der Waals surface area contributed by atoms with Crippen molar-refractivity contribution in [2.45, 2.75) is 58.3 Å². The Bertz CT molecular complexity index is 428. The van der Waals surface area contributed by atoms with Gasteiger partial charge in [0.05, 0.1) is 0 Å². The van der Waals surface area contributed by atoms with E-state index in [4.69, 9.17) is 0 Å². The lowest BCUT2D eigenvalue weighted by molar-refractivity contribution is 0.650. The monoisotopic (exact) mass is 220 g/mol. The molecule has 1 aromatic rings. The Morgan fingerprint density at radius 2 is 1.94 bits per heavy atom. The molecule has 0 amide bonds. The smallest absolute Gasteiger partial charge is 0.254 e. The largest absolute Gasteiger partial charge is 0.310 e. The average molecular weight is 220 g/mol. The molecule has 1 saturated carbocycles. The highest BCUT2D eigenvalue weighted by molar-refractivity contribution is 5.21. The third-order valence-electron chi connectivity index (χ3n) is 3.48. The number of H-pyrrole nitrogens is 1. The zero-order chi connectivity index (χ0) is 11.7. The third-order valence-corrected chi connectivity index (χ3v) is 3.48. The molecule has 3 heteroatoms. The molecule has 16 heavy (non-hydrogen) atoms. The second kappa shape index (κ2) is 4.40. The normalized spacial score (nSPS) is 17.2. The van der Waals surface area contributed by atoms with Gasteiger partial charge in [-0.1, -0.05) is 26.7 Å². The molecule has 0 unspecified atom stereocenters. The zero-order valence-corrected chi connectivity index (χ0v) is 10.3. The second-order valence-corrected chi connectivity index (χ2v) is 5.09. The maximum absolute atomic E-state index is 12.0. The minimum Gasteiger partial charge on any atom is -0.310 e. The van der Waals surface area contributed by atoms with Crippen molar-refractivity contribution >= 4 is 0 Å². The van der Waals surface area contributed by atoms with Crippen molar-refractivity contribution in [1.29, 1.82) is 0 Å². The molecule has 0 saturated heterocycles. The van der Waals surface area contributed by atoms with Crippen LogP contribution in [0.25, 0.3) is 0 Å². The number of nitrogens with one attached hydrogen (secondary N) is 1. The lowest BCUT2D eigenvalue weighted by atomic mass is 10.0. The molecular formula is C13H20N2O. The van der Waals surface area contributed by atoms with Gasteiger partial charge >= 0.3 is 0 Å². The number of hydrogen-bond donors (Lipinski definition) is 1. The maximum atomic E-state index is 12.0. The van der Waals surface area contributed by atoms with Crippen molar-refractivity contribution < 1.29 is 0 Å². The molecule has 1 heterocycles. The molecule has 0 atom stereocenters. The van der Waals surface area contributed by atoms with Crippen LogP contribution in [0.3, 0.4) is 0 Å². The van der Waals surface area contributed by atoms with Crippen LogP contribution in [-0.2, 0) is 0 Å². The van der Waals surface area contributed by atoms with Crippen LogP contribution < -0.4 is 5.56 Å². The van der Waals surface area contributed by atoms with E-state index in [9.17, 15) is 4.79 Å². The Morgan fingerprint density at radius 3 is 2.44 bits per heavy atom. The van der Waals surface area contributed by atoms with Gasteiger partial charge in [0.1, 0.15) is 5.82 Å². The SMILES string of the molecule is Cc1nc(C2CCCC2)[nH]c(=O)c1C(C)C. The molecule has 3 nitrogen and oxygen atoms in total. The summed E-state index contributed by atoms with van der Waals surface area (Å²) >= 11 is 0. The first kappa shape index (κ1) is 11.4. The lowest BCUT2D eigenvalue weighted by Gasteiger charge is -2.13. The van der Waals surface area contributed by atoms with Crippen LogP contribution in [0.2, 0.25) is 0 Å². The summed E-state index contributed by atoms with van der Waals surface area (Å²) in [4.78, 5) is 19.5. The number of aromatic nitrogens is 2. The summed E-state index contributed by atoms with van der Waals surface area (Å²) in [5.74, 6) is 1.63. The fraction of sp³-hybridized carbons (Fsp3) is 0.692. The summed E-state index contributed by atoms with van der Waals surface area (Å²) in [5, 5.41) is 0. The minimum absolute atomic E-state index is 0.0596. The highest BCUT2D eigenvalue weighted by Gasteiger charge is 2.21. The predicted octanol–water partition coefficient (Wildman–Crippen LogP) is 2.86. The van der Waals surface area contributed by atoms with Gasteiger partial charge in [-0.3, -0.25) is 4.79 Å². The molecule has 1 N–H and O–H groups in total. The Balaban J connectivity index is 2.40. The first-order chi connectivity index (χ1) is 7.59. The van der Waals surface area contributed by atoms with Gasteiger partial charge in [0, 0.05) is 17.2 Å². The van der Waals surface area contributed by atoms with Gasteiger partial charge in [0.2, 0.25) is 0 Å². The van der Waals surface area contributed by atoms with Gasteiger partial charge in [-0.25, -0.2) is 4.98 Å². The van der Waals surface area contributed by atoms with E-state index in [0.717, 1.165) is 17.1 Å². The number of aryl methyl sites for hydroxylation is 1. The molecule has 0 spiro atoms. The molecular weight excluding hydrogens is 200 g/mol. The van der Waals surface area contributed by atoms with Crippen molar-refractivity contribution in [2.75, 3.05) is 0 Å². The topological polar surface area (TPSA) is 45.8 Å². The molecule has 0 aliphatic heterocycles. The van der Waals surface area contributed by atoms with E-state index in [0.29, 0.717) is 5.92 Å². The summed E-state index contributed by atoms with van der Waals surface area (Å²) in [5.41, 5.74) is 1.80. The molecule has 0 aromatic carbocycles. The first-order valence-corrected chi connectivity index (χ1v) is 6.20. The van der Waals surface area contributed by atoms with Gasteiger partial charge < -0.3 is 4.98 Å². The molecule has 0 radical (unpaired) electrons. The van der Waals surface area contributed by atoms with E-state index >= 15 is 0 Å². The van der Waals surface area contributed by atoms with Crippen molar-refractivity contribution in [3.8, 4) is 0 Å².